The summed E-state index contributed by atoms with van der Waals surface area (Å²) < 4.78 is 28.8. The van der Waals surface area contributed by atoms with E-state index in [1.807, 2.05) is 23.4 Å². The van der Waals surface area contributed by atoms with E-state index in [2.05, 4.69) is 30.6 Å². The molecule has 2 N–H and O–H groups in total. The molecule has 6 rings (SSSR count). The highest BCUT2D eigenvalue weighted by atomic mass is 19.1. The van der Waals surface area contributed by atoms with E-state index < -0.39 is 17.2 Å². The van der Waals surface area contributed by atoms with Gasteiger partial charge in [0.25, 0.3) is 5.91 Å². The van der Waals surface area contributed by atoms with Crippen LogP contribution in [0.1, 0.15) is 23.3 Å². The van der Waals surface area contributed by atoms with E-state index in [-0.39, 0.29) is 17.0 Å². The zero-order valence-corrected chi connectivity index (χ0v) is 21.9. The number of halogens is 1. The van der Waals surface area contributed by atoms with Crippen LogP contribution in [0.5, 0.6) is 5.75 Å². The highest BCUT2D eigenvalue weighted by Gasteiger charge is 2.31. The van der Waals surface area contributed by atoms with E-state index in [4.69, 9.17) is 9.47 Å². The Balaban J connectivity index is 1.30. The Labute approximate surface area is 224 Å². The van der Waals surface area contributed by atoms with Crippen LogP contribution in [0.15, 0.2) is 29.5 Å². The number of amides is 1. The molecule has 2 aromatic heterocycles. The van der Waals surface area contributed by atoms with Crippen molar-refractivity contribution in [1.29, 1.82) is 0 Å². The van der Waals surface area contributed by atoms with Gasteiger partial charge in [0.2, 0.25) is 5.43 Å². The van der Waals surface area contributed by atoms with Crippen LogP contribution in [0.3, 0.4) is 0 Å². The number of carbonyl (C=O) groups excluding carboxylic acids is 1. The highest BCUT2D eigenvalue weighted by molar-refractivity contribution is 6.00. The van der Waals surface area contributed by atoms with Gasteiger partial charge < -0.3 is 28.7 Å². The highest BCUT2D eigenvalue weighted by Crippen LogP contribution is 2.42. The molecule has 39 heavy (non-hydrogen) atoms. The van der Waals surface area contributed by atoms with Gasteiger partial charge >= 0.3 is 0 Å². The van der Waals surface area contributed by atoms with Gasteiger partial charge in [0.1, 0.15) is 35.8 Å². The lowest BCUT2D eigenvalue weighted by molar-refractivity contribution is 0.0960. The van der Waals surface area contributed by atoms with E-state index in [9.17, 15) is 9.59 Å². The number of hydrogen-bond acceptors (Lipinski definition) is 10. The monoisotopic (exact) mass is 538 g/mol. The van der Waals surface area contributed by atoms with Crippen molar-refractivity contribution in [2.75, 3.05) is 81.4 Å². The summed E-state index contributed by atoms with van der Waals surface area (Å²) in [5.41, 5.74) is 5.53. The summed E-state index contributed by atoms with van der Waals surface area (Å²) in [5, 5.41) is 0.108. The number of benzene rings is 1. The molecule has 1 amide bonds. The third kappa shape index (κ3) is 4.72. The first-order valence-electron chi connectivity index (χ1n) is 13.1. The minimum atomic E-state index is -0.652. The number of ether oxygens (including phenoxy) is 2. The standard InChI is InChI=1S/C26H31FN8O4/c1-16-14-39-25-22-17(11-19(27)23(25)34-5-3-32(2)4-6-34)24(36)18(13-35(16)22)26(37)31-30-20-12-21(29-15-28-20)33-7-9-38-10-8-33/h11-13,15-16H,3-10,14H2,1-2H3,(H,31,37)(H,28,29,30)/t16-/m0/s1. The number of morpholine rings is 1. The number of carbonyl (C=O) groups is 1. The maximum absolute atomic E-state index is 15.6. The zero-order chi connectivity index (χ0) is 27.1. The second kappa shape index (κ2) is 10.3. The lowest BCUT2D eigenvalue weighted by Crippen LogP contribution is -2.45. The predicted molar refractivity (Wildman–Crippen MR) is 144 cm³/mol. The summed E-state index contributed by atoms with van der Waals surface area (Å²) in [4.78, 5) is 41.3. The number of pyridine rings is 1. The molecule has 0 saturated carbocycles. The summed E-state index contributed by atoms with van der Waals surface area (Å²) in [7, 11) is 2.03. The lowest BCUT2D eigenvalue weighted by atomic mass is 10.0. The number of likely N-dealkylation sites (N-methyl/N-ethyl adjacent to an activating group) is 1. The normalized spacial score (nSPS) is 19.6. The molecule has 2 fully saturated rings. The van der Waals surface area contributed by atoms with Gasteiger partial charge in [0.15, 0.2) is 11.6 Å². The molecule has 1 atom stereocenters. The summed E-state index contributed by atoms with van der Waals surface area (Å²) in [6.07, 6.45) is 2.93. The fourth-order valence-corrected chi connectivity index (χ4v) is 5.27. The van der Waals surface area contributed by atoms with Gasteiger partial charge in [-0.3, -0.25) is 20.4 Å². The number of hydrogen-bond donors (Lipinski definition) is 2. The summed E-state index contributed by atoms with van der Waals surface area (Å²) >= 11 is 0. The Morgan fingerprint density at radius 3 is 2.62 bits per heavy atom. The third-order valence-electron chi connectivity index (χ3n) is 7.50. The molecule has 3 aromatic rings. The molecule has 0 unspecified atom stereocenters. The quantitative estimate of drug-likeness (QED) is 0.460. The van der Waals surface area contributed by atoms with Crippen molar-refractivity contribution in [3.63, 3.8) is 0 Å². The van der Waals surface area contributed by atoms with Crippen molar-refractivity contribution in [2.45, 2.75) is 13.0 Å². The van der Waals surface area contributed by atoms with Crippen molar-refractivity contribution in [3.05, 3.63) is 46.3 Å². The number of nitrogens with one attached hydrogen (secondary N) is 2. The number of rotatable bonds is 5. The Hall–Kier alpha value is -3.97. The van der Waals surface area contributed by atoms with Crippen LogP contribution < -0.4 is 30.8 Å². The molecular formula is C26H31FN8O4. The molecule has 0 bridgehead atoms. The molecule has 0 spiro atoms. The van der Waals surface area contributed by atoms with Crippen LogP contribution in [-0.4, -0.2) is 91.5 Å². The summed E-state index contributed by atoms with van der Waals surface area (Å²) in [6, 6.07) is 2.78. The molecule has 0 aliphatic carbocycles. The van der Waals surface area contributed by atoms with Crippen molar-refractivity contribution in [3.8, 4) is 5.75 Å². The first-order valence-corrected chi connectivity index (χ1v) is 13.1. The van der Waals surface area contributed by atoms with Gasteiger partial charge in [-0.1, -0.05) is 0 Å². The third-order valence-corrected chi connectivity index (χ3v) is 7.50. The molecule has 5 heterocycles. The molecular weight excluding hydrogens is 507 g/mol. The fourth-order valence-electron chi connectivity index (χ4n) is 5.27. The zero-order valence-electron chi connectivity index (χ0n) is 21.9. The number of aromatic nitrogens is 3. The maximum atomic E-state index is 15.6. The van der Waals surface area contributed by atoms with Crippen molar-refractivity contribution < 1.29 is 18.7 Å². The number of hydrazine groups is 1. The fraction of sp³-hybridized carbons (Fsp3) is 0.462. The molecule has 1 aromatic carbocycles. The minimum Gasteiger partial charge on any atom is -0.487 e. The largest absolute Gasteiger partial charge is 0.487 e. The van der Waals surface area contributed by atoms with Crippen LogP contribution >= 0.6 is 0 Å². The Kier molecular flexibility index (Phi) is 6.69. The average Bonchev–Trinajstić information content (AvgIpc) is 2.96. The van der Waals surface area contributed by atoms with Gasteiger partial charge in [-0.2, -0.15) is 0 Å². The number of nitrogens with zero attached hydrogens (tertiary/aromatic N) is 6. The first-order chi connectivity index (χ1) is 18.9. The second-order valence-corrected chi connectivity index (χ2v) is 10.1. The van der Waals surface area contributed by atoms with E-state index in [1.165, 1.54) is 18.6 Å². The van der Waals surface area contributed by atoms with E-state index in [1.54, 1.807) is 6.07 Å². The van der Waals surface area contributed by atoms with Crippen molar-refractivity contribution >= 4 is 34.1 Å². The van der Waals surface area contributed by atoms with Gasteiger partial charge in [0, 0.05) is 51.5 Å². The molecule has 12 nitrogen and oxygen atoms in total. The van der Waals surface area contributed by atoms with Gasteiger partial charge in [0.05, 0.1) is 30.2 Å². The molecule has 3 aliphatic heterocycles. The van der Waals surface area contributed by atoms with Gasteiger partial charge in [-0.15, -0.1) is 0 Å². The Bertz CT molecular complexity index is 1470. The predicted octanol–water partition coefficient (Wildman–Crippen LogP) is 1.23. The van der Waals surface area contributed by atoms with E-state index in [0.717, 1.165) is 13.1 Å². The van der Waals surface area contributed by atoms with Crippen molar-refractivity contribution in [2.24, 2.45) is 0 Å². The van der Waals surface area contributed by atoms with Crippen LogP contribution in [0.25, 0.3) is 10.9 Å². The first kappa shape index (κ1) is 25.3. The number of anilines is 3. The smallest absolute Gasteiger partial charge is 0.275 e. The van der Waals surface area contributed by atoms with Gasteiger partial charge in [-0.05, 0) is 20.0 Å². The van der Waals surface area contributed by atoms with Crippen LogP contribution in [0.4, 0.5) is 21.7 Å². The molecule has 13 heteroatoms. The average molecular weight is 539 g/mol. The van der Waals surface area contributed by atoms with Crippen molar-refractivity contribution in [1.82, 2.24) is 24.9 Å². The number of piperazine rings is 1. The second-order valence-electron chi connectivity index (χ2n) is 10.1. The Morgan fingerprint density at radius 1 is 1.08 bits per heavy atom. The summed E-state index contributed by atoms with van der Waals surface area (Å²) in [5.74, 6) is 0.238. The van der Waals surface area contributed by atoms with Gasteiger partial charge in [-0.25, -0.2) is 14.4 Å². The molecule has 3 aliphatic rings. The van der Waals surface area contributed by atoms with E-state index >= 15 is 4.39 Å². The lowest BCUT2D eigenvalue weighted by Gasteiger charge is -2.37. The minimum absolute atomic E-state index is 0.107. The topological polar surface area (TPSA) is 117 Å². The molecule has 0 radical (unpaired) electrons. The van der Waals surface area contributed by atoms with Crippen LogP contribution in [0.2, 0.25) is 0 Å². The van der Waals surface area contributed by atoms with Crippen LogP contribution in [0, 0.1) is 5.82 Å². The molecule has 206 valence electrons. The summed E-state index contributed by atoms with van der Waals surface area (Å²) in [6.45, 7) is 7.75. The SMILES string of the molecule is C[C@H]1COc2c(N3CCN(C)CC3)c(F)cc3c(=O)c(C(=O)NNc4cc(N5CCOCC5)ncn4)cn1c23. The maximum Gasteiger partial charge on any atom is 0.275 e. The van der Waals surface area contributed by atoms with Crippen LogP contribution in [-0.2, 0) is 4.74 Å². The molecule has 2 saturated heterocycles. The van der Waals surface area contributed by atoms with E-state index in [0.29, 0.717) is 74.6 Å². The Morgan fingerprint density at radius 2 is 1.85 bits per heavy atom.